The highest BCUT2D eigenvalue weighted by Crippen LogP contribution is 2.30. The SMILES string of the molecule is CC(C)n1c(=O)n(CC2CC2)c(=O)c2cc(NC(=O)N3CCCC(CC(=O)c4ccc(C#N)s4)C3)c(F)cc21. The minimum absolute atomic E-state index is 0.0545. The van der Waals surface area contributed by atoms with Crippen LogP contribution >= 0.6 is 11.3 Å². The molecule has 5 rings (SSSR count). The predicted octanol–water partition coefficient (Wildman–Crippen LogP) is 4.74. The van der Waals surface area contributed by atoms with E-state index in [2.05, 4.69) is 5.32 Å². The number of thiophene rings is 1. The van der Waals surface area contributed by atoms with Crippen molar-refractivity contribution in [2.24, 2.45) is 11.8 Å². The van der Waals surface area contributed by atoms with Crippen LogP contribution in [-0.4, -0.2) is 38.9 Å². The average Bonchev–Trinajstić information content (AvgIpc) is 3.59. The zero-order chi connectivity index (χ0) is 27.8. The summed E-state index contributed by atoms with van der Waals surface area (Å²) in [5.74, 6) is -0.562. The van der Waals surface area contributed by atoms with Crippen molar-refractivity contribution in [2.75, 3.05) is 18.4 Å². The summed E-state index contributed by atoms with van der Waals surface area (Å²) in [5, 5.41) is 11.8. The third-order valence-corrected chi connectivity index (χ3v) is 8.46. The molecule has 0 radical (unpaired) electrons. The van der Waals surface area contributed by atoms with Crippen molar-refractivity contribution in [2.45, 2.75) is 58.5 Å². The van der Waals surface area contributed by atoms with Gasteiger partial charge in [0.15, 0.2) is 5.78 Å². The van der Waals surface area contributed by atoms with Gasteiger partial charge in [0.25, 0.3) is 5.56 Å². The molecule has 1 atom stereocenters. The Morgan fingerprint density at radius 3 is 2.62 bits per heavy atom. The number of likely N-dealkylation sites (tertiary alicyclic amines) is 1. The molecule has 1 aliphatic carbocycles. The maximum Gasteiger partial charge on any atom is 0.331 e. The number of rotatable bonds is 7. The number of nitrogens with one attached hydrogen (secondary N) is 1. The van der Waals surface area contributed by atoms with Crippen molar-refractivity contribution in [1.82, 2.24) is 14.0 Å². The normalized spacial score (nSPS) is 17.4. The molecule has 1 aromatic carbocycles. The molecule has 2 aliphatic rings. The molecular formula is C28H30FN5O4S. The highest BCUT2D eigenvalue weighted by atomic mass is 32.1. The quantitative estimate of drug-likeness (QED) is 0.426. The van der Waals surface area contributed by atoms with E-state index in [4.69, 9.17) is 5.26 Å². The van der Waals surface area contributed by atoms with Crippen LogP contribution in [0.4, 0.5) is 14.9 Å². The number of aromatic nitrogens is 2. The number of carbonyl (C=O) groups excluding carboxylic acids is 2. The summed E-state index contributed by atoms with van der Waals surface area (Å²) in [6.45, 7) is 4.74. The van der Waals surface area contributed by atoms with Crippen LogP contribution in [0.3, 0.4) is 0 Å². The summed E-state index contributed by atoms with van der Waals surface area (Å²) in [6.07, 6.45) is 3.67. The van der Waals surface area contributed by atoms with Crippen LogP contribution in [0.25, 0.3) is 10.9 Å². The second-order valence-electron chi connectivity index (χ2n) is 10.7. The van der Waals surface area contributed by atoms with Crippen LogP contribution in [0.15, 0.2) is 33.9 Å². The van der Waals surface area contributed by atoms with Crippen molar-refractivity contribution >= 4 is 39.7 Å². The van der Waals surface area contributed by atoms with Crippen LogP contribution in [-0.2, 0) is 6.54 Å². The fourth-order valence-corrected chi connectivity index (χ4v) is 5.99. The number of ketones is 1. The smallest absolute Gasteiger partial charge is 0.324 e. The van der Waals surface area contributed by atoms with E-state index in [-0.39, 0.29) is 40.8 Å². The van der Waals surface area contributed by atoms with Gasteiger partial charge >= 0.3 is 11.7 Å². The number of hydrogen-bond donors (Lipinski definition) is 1. The van der Waals surface area contributed by atoms with Gasteiger partial charge in [-0.15, -0.1) is 11.3 Å². The lowest BCUT2D eigenvalue weighted by Gasteiger charge is -2.32. The third kappa shape index (κ3) is 5.52. The van der Waals surface area contributed by atoms with Crippen LogP contribution < -0.4 is 16.6 Å². The molecule has 1 saturated carbocycles. The minimum atomic E-state index is -0.737. The number of benzene rings is 1. The second-order valence-corrected chi connectivity index (χ2v) is 11.8. The zero-order valence-corrected chi connectivity index (χ0v) is 22.7. The number of nitrogens with zero attached hydrogens (tertiary/aromatic N) is 4. The molecule has 2 aromatic heterocycles. The Labute approximate surface area is 228 Å². The van der Waals surface area contributed by atoms with E-state index >= 15 is 4.39 Å². The van der Waals surface area contributed by atoms with E-state index in [1.165, 1.54) is 15.2 Å². The van der Waals surface area contributed by atoms with Crippen molar-refractivity contribution in [3.8, 4) is 6.07 Å². The van der Waals surface area contributed by atoms with E-state index in [1.54, 1.807) is 30.9 Å². The molecule has 1 unspecified atom stereocenters. The number of Topliss-reactive ketones (excluding diaryl/α,β-unsaturated/α-hetero) is 1. The number of amides is 2. The largest absolute Gasteiger partial charge is 0.331 e. The van der Waals surface area contributed by atoms with Crippen LogP contribution in [0, 0.1) is 29.0 Å². The van der Waals surface area contributed by atoms with Gasteiger partial charge in [-0.25, -0.2) is 14.0 Å². The van der Waals surface area contributed by atoms with Crippen LogP contribution in [0.1, 0.15) is 66.5 Å². The van der Waals surface area contributed by atoms with Gasteiger partial charge in [-0.3, -0.25) is 18.7 Å². The lowest BCUT2D eigenvalue weighted by Crippen LogP contribution is -2.43. The van der Waals surface area contributed by atoms with Gasteiger partial charge in [-0.05, 0) is 69.6 Å². The fourth-order valence-electron chi connectivity index (χ4n) is 5.23. The Bertz CT molecular complexity index is 1610. The Morgan fingerprint density at radius 1 is 1.18 bits per heavy atom. The van der Waals surface area contributed by atoms with Gasteiger partial charge in [-0.1, -0.05) is 0 Å². The molecule has 3 aromatic rings. The third-order valence-electron chi connectivity index (χ3n) is 7.42. The number of hydrogen-bond acceptors (Lipinski definition) is 6. The Kier molecular flexibility index (Phi) is 7.40. The van der Waals surface area contributed by atoms with Gasteiger partial charge in [0.2, 0.25) is 0 Å². The van der Waals surface area contributed by atoms with Crippen LogP contribution in [0.5, 0.6) is 0 Å². The summed E-state index contributed by atoms with van der Waals surface area (Å²) < 4.78 is 17.9. The number of anilines is 1. The first-order valence-corrected chi connectivity index (χ1v) is 14.1. The summed E-state index contributed by atoms with van der Waals surface area (Å²) in [7, 11) is 0. The number of fused-ring (bicyclic) bond motifs is 1. The molecule has 204 valence electrons. The first-order chi connectivity index (χ1) is 18.7. The highest BCUT2D eigenvalue weighted by Gasteiger charge is 2.28. The van der Waals surface area contributed by atoms with Gasteiger partial charge in [0.05, 0.1) is 21.5 Å². The molecule has 0 bridgehead atoms. The van der Waals surface area contributed by atoms with E-state index < -0.39 is 23.1 Å². The van der Waals surface area contributed by atoms with Crippen molar-refractivity contribution in [3.63, 3.8) is 0 Å². The molecule has 2 amide bonds. The Morgan fingerprint density at radius 2 is 1.95 bits per heavy atom. The first-order valence-electron chi connectivity index (χ1n) is 13.2. The summed E-state index contributed by atoms with van der Waals surface area (Å²) in [6, 6.07) is 6.97. The van der Waals surface area contributed by atoms with Crippen molar-refractivity contribution < 1.29 is 14.0 Å². The molecule has 3 heterocycles. The molecule has 2 fully saturated rings. The first kappa shape index (κ1) is 26.8. The number of halogens is 1. The second kappa shape index (κ2) is 10.8. The highest BCUT2D eigenvalue weighted by molar-refractivity contribution is 7.14. The van der Waals surface area contributed by atoms with E-state index in [9.17, 15) is 19.2 Å². The average molecular weight is 552 g/mol. The molecule has 9 nitrogen and oxygen atoms in total. The molecule has 1 aliphatic heterocycles. The van der Waals surface area contributed by atoms with E-state index in [1.807, 2.05) is 6.07 Å². The fraction of sp³-hybridized carbons (Fsp3) is 0.464. The monoisotopic (exact) mass is 551 g/mol. The number of piperidine rings is 1. The van der Waals surface area contributed by atoms with Crippen molar-refractivity contribution in [3.05, 3.63) is 60.7 Å². The lowest BCUT2D eigenvalue weighted by atomic mass is 9.92. The Hall–Kier alpha value is -3.78. The lowest BCUT2D eigenvalue weighted by molar-refractivity contribution is 0.0935. The standard InChI is InChI=1S/C28H30FN5O4S/c1-16(2)34-23-12-21(29)22(11-20(23)26(36)33(28(34)38)15-17-5-6-17)31-27(37)32-9-3-4-18(14-32)10-24(35)25-8-7-19(13-30)39-25/h7-8,11-12,16-18H,3-6,9-10,14-15H2,1-2H3,(H,31,37). The maximum absolute atomic E-state index is 15.2. The molecule has 11 heteroatoms. The number of urea groups is 1. The topological polar surface area (TPSA) is 117 Å². The number of carbonyl (C=O) groups is 2. The van der Waals surface area contributed by atoms with Gasteiger partial charge in [-0.2, -0.15) is 5.26 Å². The zero-order valence-electron chi connectivity index (χ0n) is 21.9. The van der Waals surface area contributed by atoms with Gasteiger partial charge in [0, 0.05) is 38.2 Å². The predicted molar refractivity (Wildman–Crippen MR) is 147 cm³/mol. The summed E-state index contributed by atoms with van der Waals surface area (Å²) in [5.41, 5.74) is -0.866. The van der Waals surface area contributed by atoms with Crippen molar-refractivity contribution in [1.29, 1.82) is 5.26 Å². The molecule has 39 heavy (non-hydrogen) atoms. The minimum Gasteiger partial charge on any atom is -0.324 e. The van der Waals surface area contributed by atoms with Gasteiger partial charge in [0.1, 0.15) is 16.8 Å². The Balaban J connectivity index is 1.36. The molecule has 1 saturated heterocycles. The molecule has 0 spiro atoms. The van der Waals surface area contributed by atoms with Crippen LogP contribution in [0.2, 0.25) is 0 Å². The number of nitriles is 1. The van der Waals surface area contributed by atoms with Gasteiger partial charge < -0.3 is 10.2 Å². The van der Waals surface area contributed by atoms with E-state index in [0.29, 0.717) is 41.7 Å². The maximum atomic E-state index is 15.2. The molecule has 1 N–H and O–H groups in total. The summed E-state index contributed by atoms with van der Waals surface area (Å²) in [4.78, 5) is 54.7. The summed E-state index contributed by atoms with van der Waals surface area (Å²) >= 11 is 1.16. The van der Waals surface area contributed by atoms with E-state index in [0.717, 1.165) is 36.7 Å². The molecular weight excluding hydrogens is 521 g/mol.